The fourth-order valence-electron chi connectivity index (χ4n) is 0.870. The molecule has 0 saturated carbocycles. The van der Waals surface area contributed by atoms with Gasteiger partial charge >= 0.3 is 0 Å². The highest BCUT2D eigenvalue weighted by atomic mass is 15.3. The van der Waals surface area contributed by atoms with Crippen LogP contribution in [0.4, 0.5) is 11.6 Å². The summed E-state index contributed by atoms with van der Waals surface area (Å²) < 4.78 is 0. The topological polar surface area (TPSA) is 75.9 Å². The highest BCUT2D eigenvalue weighted by Crippen LogP contribution is 2.09. The molecule has 0 amide bonds. The van der Waals surface area contributed by atoms with Gasteiger partial charge in [0.05, 0.1) is 0 Å². The summed E-state index contributed by atoms with van der Waals surface area (Å²) in [5, 5.41) is 3.22. The van der Waals surface area contributed by atoms with E-state index in [0.29, 0.717) is 11.9 Å². The zero-order valence-corrected chi connectivity index (χ0v) is 7.91. The molecule has 1 rings (SSSR count). The number of aromatic nitrogens is 2. The van der Waals surface area contributed by atoms with E-state index in [9.17, 15) is 0 Å². The summed E-state index contributed by atoms with van der Waals surface area (Å²) in [4.78, 5) is 7.96. The van der Waals surface area contributed by atoms with Crippen LogP contribution in [0.3, 0.4) is 0 Å². The normalized spacial score (nSPS) is 12.2. The van der Waals surface area contributed by atoms with Gasteiger partial charge < -0.3 is 10.7 Å². The van der Waals surface area contributed by atoms with Gasteiger partial charge in [0.1, 0.15) is 18.0 Å². The molecule has 0 aliphatic heterocycles. The van der Waals surface area contributed by atoms with Gasteiger partial charge in [0.2, 0.25) is 0 Å². The minimum atomic E-state index is 0.403. The van der Waals surface area contributed by atoms with Crippen LogP contribution in [0.1, 0.15) is 20.3 Å². The Morgan fingerprint density at radius 2 is 2.15 bits per heavy atom. The number of nitrogen functional groups attached to an aromatic ring is 1. The smallest absolute Gasteiger partial charge is 0.145 e. The quantitative estimate of drug-likeness (QED) is 0.476. The van der Waals surface area contributed by atoms with E-state index in [1.54, 1.807) is 6.07 Å². The highest BCUT2D eigenvalue weighted by molar-refractivity contribution is 5.45. The third-order valence-electron chi connectivity index (χ3n) is 1.82. The Bertz CT molecular complexity index is 262. The lowest BCUT2D eigenvalue weighted by Gasteiger charge is -2.11. The molecule has 0 aliphatic carbocycles. The van der Waals surface area contributed by atoms with Crippen molar-refractivity contribution in [3.8, 4) is 0 Å². The Labute approximate surface area is 77.7 Å². The van der Waals surface area contributed by atoms with Gasteiger partial charge in [0.15, 0.2) is 0 Å². The van der Waals surface area contributed by atoms with E-state index >= 15 is 0 Å². The lowest BCUT2D eigenvalue weighted by Crippen LogP contribution is -2.15. The van der Waals surface area contributed by atoms with Crippen LogP contribution in [-0.2, 0) is 0 Å². The zero-order chi connectivity index (χ0) is 9.68. The van der Waals surface area contributed by atoms with Crippen molar-refractivity contribution in [3.05, 3.63) is 12.4 Å². The van der Waals surface area contributed by atoms with E-state index in [4.69, 9.17) is 5.84 Å². The van der Waals surface area contributed by atoms with Crippen molar-refractivity contribution in [1.82, 2.24) is 9.97 Å². The van der Waals surface area contributed by atoms with Crippen LogP contribution in [0.2, 0.25) is 0 Å². The third kappa shape index (κ3) is 2.87. The van der Waals surface area contributed by atoms with Crippen molar-refractivity contribution < 1.29 is 0 Å². The number of hydrogen-bond donors (Lipinski definition) is 3. The Morgan fingerprint density at radius 3 is 2.77 bits per heavy atom. The minimum Gasteiger partial charge on any atom is -0.367 e. The molecular formula is C8H15N5. The number of hydrazine groups is 1. The van der Waals surface area contributed by atoms with E-state index in [0.717, 1.165) is 12.2 Å². The van der Waals surface area contributed by atoms with Crippen molar-refractivity contribution in [2.45, 2.75) is 26.3 Å². The minimum absolute atomic E-state index is 0.403. The molecule has 5 nitrogen and oxygen atoms in total. The van der Waals surface area contributed by atoms with Gasteiger partial charge in [-0.2, -0.15) is 0 Å². The molecule has 1 aromatic rings. The van der Waals surface area contributed by atoms with Gasteiger partial charge in [-0.05, 0) is 13.3 Å². The van der Waals surface area contributed by atoms with Gasteiger partial charge in [-0.15, -0.1) is 0 Å². The molecular weight excluding hydrogens is 166 g/mol. The lowest BCUT2D eigenvalue weighted by molar-refractivity contribution is 0.758. The molecule has 0 aliphatic rings. The molecule has 5 heteroatoms. The van der Waals surface area contributed by atoms with Crippen molar-refractivity contribution >= 4 is 11.6 Å². The highest BCUT2D eigenvalue weighted by Gasteiger charge is 2.00. The van der Waals surface area contributed by atoms with E-state index in [2.05, 4.69) is 34.6 Å². The number of rotatable bonds is 4. The summed E-state index contributed by atoms with van der Waals surface area (Å²) in [6.07, 6.45) is 2.52. The van der Waals surface area contributed by atoms with Crippen LogP contribution in [0.5, 0.6) is 0 Å². The monoisotopic (exact) mass is 181 g/mol. The van der Waals surface area contributed by atoms with E-state index in [1.165, 1.54) is 6.33 Å². The Morgan fingerprint density at radius 1 is 1.46 bits per heavy atom. The summed E-state index contributed by atoms with van der Waals surface area (Å²) in [5.41, 5.74) is 2.47. The zero-order valence-electron chi connectivity index (χ0n) is 7.91. The van der Waals surface area contributed by atoms with Crippen LogP contribution >= 0.6 is 0 Å². The molecule has 0 radical (unpaired) electrons. The predicted octanol–water partition coefficient (Wildman–Crippen LogP) is 0.973. The second-order valence-electron chi connectivity index (χ2n) is 2.89. The van der Waals surface area contributed by atoms with Crippen molar-refractivity contribution in [2.75, 3.05) is 10.7 Å². The molecule has 4 N–H and O–H groups in total. The number of nitrogens with zero attached hydrogens (tertiary/aromatic N) is 2. The van der Waals surface area contributed by atoms with E-state index in [-0.39, 0.29) is 0 Å². The molecule has 0 spiro atoms. The van der Waals surface area contributed by atoms with Gasteiger partial charge in [-0.3, -0.25) is 0 Å². The first-order valence-electron chi connectivity index (χ1n) is 4.31. The van der Waals surface area contributed by atoms with Crippen molar-refractivity contribution in [2.24, 2.45) is 5.84 Å². The van der Waals surface area contributed by atoms with E-state index < -0.39 is 0 Å². The van der Waals surface area contributed by atoms with Crippen LogP contribution in [0.25, 0.3) is 0 Å². The van der Waals surface area contributed by atoms with Gasteiger partial charge in [0.25, 0.3) is 0 Å². The number of nitrogens with two attached hydrogens (primary N) is 1. The van der Waals surface area contributed by atoms with Crippen molar-refractivity contribution in [3.63, 3.8) is 0 Å². The molecule has 0 aromatic carbocycles. The summed E-state index contributed by atoms with van der Waals surface area (Å²) in [7, 11) is 0. The van der Waals surface area contributed by atoms with Gasteiger partial charge in [0, 0.05) is 12.1 Å². The first-order chi connectivity index (χ1) is 6.26. The lowest BCUT2D eigenvalue weighted by atomic mass is 10.2. The maximum atomic E-state index is 5.21. The summed E-state index contributed by atoms with van der Waals surface area (Å²) in [6.45, 7) is 4.21. The predicted molar refractivity (Wildman–Crippen MR) is 53.2 cm³/mol. The van der Waals surface area contributed by atoms with Crippen LogP contribution in [-0.4, -0.2) is 16.0 Å². The fraction of sp³-hybridized carbons (Fsp3) is 0.500. The van der Waals surface area contributed by atoms with Crippen LogP contribution in [0, 0.1) is 0 Å². The Balaban J connectivity index is 2.66. The molecule has 0 fully saturated rings. The largest absolute Gasteiger partial charge is 0.367 e. The summed E-state index contributed by atoms with van der Waals surface area (Å²) in [5.74, 6) is 6.61. The number of nitrogens with one attached hydrogen (secondary N) is 2. The van der Waals surface area contributed by atoms with Crippen molar-refractivity contribution in [1.29, 1.82) is 0 Å². The molecule has 1 unspecified atom stereocenters. The molecule has 1 atom stereocenters. The van der Waals surface area contributed by atoms with Crippen LogP contribution < -0.4 is 16.6 Å². The third-order valence-corrected chi connectivity index (χ3v) is 1.82. The van der Waals surface area contributed by atoms with Crippen LogP contribution in [0.15, 0.2) is 12.4 Å². The maximum absolute atomic E-state index is 5.21. The SMILES string of the molecule is CCC(C)Nc1cc(NN)ncn1. The molecule has 1 heterocycles. The second-order valence-corrected chi connectivity index (χ2v) is 2.89. The molecule has 0 bridgehead atoms. The van der Waals surface area contributed by atoms with Gasteiger partial charge in [-0.25, -0.2) is 15.8 Å². The average Bonchev–Trinajstić information content (AvgIpc) is 2.18. The standard InChI is InChI=1S/C8H15N5/c1-3-6(2)12-7-4-8(13-9)11-5-10-7/h4-6H,3,9H2,1-2H3,(H2,10,11,12,13). The van der Waals surface area contributed by atoms with Gasteiger partial charge in [-0.1, -0.05) is 6.92 Å². The van der Waals surface area contributed by atoms with E-state index in [1.807, 2.05) is 0 Å². The maximum Gasteiger partial charge on any atom is 0.145 e. The fourth-order valence-corrected chi connectivity index (χ4v) is 0.870. The summed E-state index contributed by atoms with van der Waals surface area (Å²) in [6, 6.07) is 2.17. The molecule has 13 heavy (non-hydrogen) atoms. The number of hydrogen-bond acceptors (Lipinski definition) is 5. The first kappa shape index (κ1) is 9.73. The molecule has 1 aromatic heterocycles. The molecule has 0 saturated heterocycles. The molecule has 72 valence electrons. The number of anilines is 2. The average molecular weight is 181 g/mol. The Kier molecular flexibility index (Phi) is 3.45. The Hall–Kier alpha value is -1.36. The summed E-state index contributed by atoms with van der Waals surface area (Å²) >= 11 is 0. The second kappa shape index (κ2) is 4.61. The first-order valence-corrected chi connectivity index (χ1v) is 4.31.